The number of carbonyl (C=O) groups excluding carboxylic acids is 1. The highest BCUT2D eigenvalue weighted by molar-refractivity contribution is 5.85. The normalized spacial score (nSPS) is 14.3. The molecule has 21 heavy (non-hydrogen) atoms. The van der Waals surface area contributed by atoms with Gasteiger partial charge in [0.15, 0.2) is 0 Å². The highest BCUT2D eigenvalue weighted by Gasteiger charge is 2.28. The lowest BCUT2D eigenvalue weighted by Gasteiger charge is -2.18. The lowest BCUT2D eigenvalue weighted by molar-refractivity contribution is -0.143. The van der Waals surface area contributed by atoms with Gasteiger partial charge in [-0.1, -0.05) is 0 Å². The Labute approximate surface area is 136 Å². The third-order valence-electron chi connectivity index (χ3n) is 2.90. The predicted molar refractivity (Wildman–Crippen MR) is 81.3 cm³/mol. The highest BCUT2D eigenvalue weighted by Crippen LogP contribution is 2.27. The molecule has 9 heteroatoms. The van der Waals surface area contributed by atoms with Gasteiger partial charge in [0.2, 0.25) is 5.91 Å². The maximum absolute atomic E-state index is 12.0. The van der Waals surface area contributed by atoms with Crippen molar-refractivity contribution in [3.63, 3.8) is 0 Å². The van der Waals surface area contributed by atoms with Gasteiger partial charge in [-0.25, -0.2) is 0 Å². The molecule has 0 unspecified atom stereocenters. The first kappa shape index (κ1) is 23.0. The summed E-state index contributed by atoms with van der Waals surface area (Å²) in [4.78, 5) is 12.6. The van der Waals surface area contributed by atoms with Crippen molar-refractivity contribution >= 4 is 30.7 Å². The molecule has 1 aliphatic rings. The topological polar surface area (TPSA) is 44.4 Å². The SMILES string of the molecule is CN(CCCNC(=O)CNCC1CC1)CC(F)(F)F.Cl.Cl. The number of halogens is 5. The highest BCUT2D eigenvalue weighted by atomic mass is 35.5. The summed E-state index contributed by atoms with van der Waals surface area (Å²) in [5.74, 6) is 0.628. The van der Waals surface area contributed by atoms with Gasteiger partial charge in [-0.05, 0) is 45.3 Å². The minimum Gasteiger partial charge on any atom is -0.355 e. The van der Waals surface area contributed by atoms with Crippen LogP contribution in [0.15, 0.2) is 0 Å². The predicted octanol–water partition coefficient (Wildman–Crippen LogP) is 1.83. The number of hydrogen-bond donors (Lipinski definition) is 2. The fourth-order valence-electron chi connectivity index (χ4n) is 1.74. The zero-order valence-electron chi connectivity index (χ0n) is 12.0. The summed E-state index contributed by atoms with van der Waals surface area (Å²) in [5, 5.41) is 5.74. The van der Waals surface area contributed by atoms with Crippen LogP contribution in [0.25, 0.3) is 0 Å². The zero-order valence-corrected chi connectivity index (χ0v) is 13.7. The Morgan fingerprint density at radius 3 is 2.43 bits per heavy atom. The molecule has 4 nitrogen and oxygen atoms in total. The second-order valence-electron chi connectivity index (χ2n) is 5.13. The molecule has 0 heterocycles. The first-order valence-corrected chi connectivity index (χ1v) is 6.59. The van der Waals surface area contributed by atoms with Crippen LogP contribution in [0.4, 0.5) is 13.2 Å². The van der Waals surface area contributed by atoms with Crippen molar-refractivity contribution in [1.82, 2.24) is 15.5 Å². The quantitative estimate of drug-likeness (QED) is 0.621. The van der Waals surface area contributed by atoms with E-state index in [2.05, 4.69) is 10.6 Å². The molecule has 0 aromatic carbocycles. The van der Waals surface area contributed by atoms with Gasteiger partial charge < -0.3 is 10.6 Å². The van der Waals surface area contributed by atoms with Crippen molar-refractivity contribution in [3.8, 4) is 0 Å². The van der Waals surface area contributed by atoms with E-state index in [1.807, 2.05) is 0 Å². The fraction of sp³-hybridized carbons (Fsp3) is 0.917. The minimum absolute atomic E-state index is 0. The van der Waals surface area contributed by atoms with Crippen LogP contribution in [0.5, 0.6) is 0 Å². The Morgan fingerprint density at radius 1 is 1.29 bits per heavy atom. The fourth-order valence-corrected chi connectivity index (χ4v) is 1.74. The Balaban J connectivity index is 0. The molecule has 1 amide bonds. The number of hydrogen-bond acceptors (Lipinski definition) is 3. The third-order valence-corrected chi connectivity index (χ3v) is 2.90. The summed E-state index contributed by atoms with van der Waals surface area (Å²) in [6.07, 6.45) is -1.17. The molecule has 1 saturated carbocycles. The standard InChI is InChI=1S/C12H22F3N3O.2ClH/c1-18(9-12(13,14)15)6-2-5-17-11(19)8-16-7-10-3-4-10;;/h10,16H,2-9H2,1H3,(H,17,19);2*1H. The van der Waals surface area contributed by atoms with E-state index in [-0.39, 0.29) is 37.3 Å². The Bertz CT molecular complexity index is 289. The average molecular weight is 354 g/mol. The molecule has 0 atom stereocenters. The van der Waals surface area contributed by atoms with E-state index in [4.69, 9.17) is 0 Å². The lowest BCUT2D eigenvalue weighted by Crippen LogP contribution is -2.37. The molecular weight excluding hydrogens is 330 g/mol. The van der Waals surface area contributed by atoms with Crippen molar-refractivity contribution < 1.29 is 18.0 Å². The largest absolute Gasteiger partial charge is 0.401 e. The van der Waals surface area contributed by atoms with Crippen LogP contribution in [0, 0.1) is 5.92 Å². The molecule has 0 aromatic heterocycles. The van der Waals surface area contributed by atoms with Gasteiger partial charge in [0.1, 0.15) is 0 Å². The Morgan fingerprint density at radius 2 is 1.90 bits per heavy atom. The third kappa shape index (κ3) is 14.5. The first-order chi connectivity index (χ1) is 8.87. The van der Waals surface area contributed by atoms with E-state index in [1.54, 1.807) is 0 Å². The van der Waals surface area contributed by atoms with Gasteiger partial charge >= 0.3 is 6.18 Å². The maximum Gasteiger partial charge on any atom is 0.401 e. The van der Waals surface area contributed by atoms with Crippen molar-refractivity contribution in [2.75, 3.05) is 39.8 Å². The van der Waals surface area contributed by atoms with E-state index in [0.29, 0.717) is 19.5 Å². The van der Waals surface area contributed by atoms with Crippen LogP contribution in [0.1, 0.15) is 19.3 Å². The summed E-state index contributed by atoms with van der Waals surface area (Å²) in [6, 6.07) is 0. The molecule has 0 spiro atoms. The summed E-state index contributed by atoms with van der Waals surface area (Å²) in [5.41, 5.74) is 0. The number of nitrogens with one attached hydrogen (secondary N) is 2. The molecule has 1 aliphatic carbocycles. The molecule has 0 aromatic rings. The van der Waals surface area contributed by atoms with Crippen LogP contribution >= 0.6 is 24.8 Å². The van der Waals surface area contributed by atoms with Crippen LogP contribution in [-0.4, -0.2) is 56.8 Å². The van der Waals surface area contributed by atoms with Crippen molar-refractivity contribution in [1.29, 1.82) is 0 Å². The van der Waals surface area contributed by atoms with Gasteiger partial charge in [0.25, 0.3) is 0 Å². The average Bonchev–Trinajstić information content (AvgIpc) is 3.06. The molecule has 1 rings (SSSR count). The lowest BCUT2D eigenvalue weighted by atomic mass is 10.3. The van der Waals surface area contributed by atoms with Crippen molar-refractivity contribution in [3.05, 3.63) is 0 Å². The van der Waals surface area contributed by atoms with Crippen molar-refractivity contribution in [2.24, 2.45) is 5.92 Å². The van der Waals surface area contributed by atoms with E-state index in [1.165, 1.54) is 24.8 Å². The summed E-state index contributed by atoms with van der Waals surface area (Å²) in [6.45, 7) is 0.974. The maximum atomic E-state index is 12.0. The molecule has 0 aliphatic heterocycles. The minimum atomic E-state index is -4.16. The van der Waals surface area contributed by atoms with E-state index in [0.717, 1.165) is 12.5 Å². The molecule has 128 valence electrons. The van der Waals surface area contributed by atoms with Crippen LogP contribution in [0.2, 0.25) is 0 Å². The molecule has 0 bridgehead atoms. The van der Waals surface area contributed by atoms with Gasteiger partial charge in [-0.3, -0.25) is 9.69 Å². The smallest absolute Gasteiger partial charge is 0.355 e. The van der Waals surface area contributed by atoms with Gasteiger partial charge in [-0.15, -0.1) is 24.8 Å². The molecule has 0 saturated heterocycles. The van der Waals surface area contributed by atoms with Crippen LogP contribution in [0.3, 0.4) is 0 Å². The van der Waals surface area contributed by atoms with E-state index < -0.39 is 12.7 Å². The monoisotopic (exact) mass is 353 g/mol. The van der Waals surface area contributed by atoms with Gasteiger partial charge in [0.05, 0.1) is 13.1 Å². The number of alkyl halides is 3. The Kier molecular flexibility index (Phi) is 12.4. The molecule has 0 radical (unpaired) electrons. The van der Waals surface area contributed by atoms with Crippen molar-refractivity contribution in [2.45, 2.75) is 25.4 Å². The zero-order chi connectivity index (χ0) is 14.3. The van der Waals surface area contributed by atoms with Gasteiger partial charge in [-0.2, -0.15) is 13.2 Å². The van der Waals surface area contributed by atoms with E-state index >= 15 is 0 Å². The molecule has 1 fully saturated rings. The number of nitrogens with zero attached hydrogens (tertiary/aromatic N) is 1. The molecule has 2 N–H and O–H groups in total. The first-order valence-electron chi connectivity index (χ1n) is 6.59. The summed E-state index contributed by atoms with van der Waals surface area (Å²) >= 11 is 0. The molecular formula is C12H24Cl2F3N3O. The summed E-state index contributed by atoms with van der Waals surface area (Å²) in [7, 11) is 1.42. The van der Waals surface area contributed by atoms with Gasteiger partial charge in [0, 0.05) is 6.54 Å². The second kappa shape index (κ2) is 11.3. The number of rotatable bonds is 9. The van der Waals surface area contributed by atoms with E-state index in [9.17, 15) is 18.0 Å². The Hall–Kier alpha value is -0.240. The second-order valence-corrected chi connectivity index (χ2v) is 5.13. The number of amides is 1. The van der Waals surface area contributed by atoms with Crippen LogP contribution < -0.4 is 10.6 Å². The number of carbonyl (C=O) groups is 1. The van der Waals surface area contributed by atoms with Crippen LogP contribution in [-0.2, 0) is 4.79 Å². The summed E-state index contributed by atoms with van der Waals surface area (Å²) < 4.78 is 36.1.